The molecule has 1 aliphatic heterocycles. The number of hydrogen-bond donors (Lipinski definition) is 3. The highest BCUT2D eigenvalue weighted by molar-refractivity contribution is 7.80. The summed E-state index contributed by atoms with van der Waals surface area (Å²) in [6, 6.07) is 8.07. The molecule has 1 unspecified atom stereocenters. The maximum Gasteiger partial charge on any atom is 0.409 e. The lowest BCUT2D eigenvalue weighted by Crippen LogP contribution is -2.50. The van der Waals surface area contributed by atoms with Gasteiger partial charge in [0.05, 0.1) is 29.0 Å². The number of para-hydroxylation sites is 2. The first-order chi connectivity index (χ1) is 12.5. The predicted octanol–water partition coefficient (Wildman–Crippen LogP) is 3.39. The van der Waals surface area contributed by atoms with Gasteiger partial charge in [0.25, 0.3) is 0 Å². The fraction of sp³-hybridized carbons (Fsp3) is 0.579. The van der Waals surface area contributed by atoms with Gasteiger partial charge in [0, 0.05) is 19.1 Å². The number of rotatable bonds is 7. The Bertz CT molecular complexity index is 603. The van der Waals surface area contributed by atoms with E-state index in [0.29, 0.717) is 31.4 Å². The van der Waals surface area contributed by atoms with Crippen LogP contribution >= 0.6 is 12.2 Å². The van der Waals surface area contributed by atoms with E-state index in [1.165, 1.54) is 0 Å². The number of likely N-dealkylation sites (tertiary alicyclic amines) is 1. The molecule has 0 radical (unpaired) electrons. The maximum atomic E-state index is 11.8. The maximum absolute atomic E-state index is 11.8. The average molecular weight is 379 g/mol. The molecule has 1 aromatic rings. The minimum Gasteiger partial charge on any atom is -0.450 e. The molecule has 0 aliphatic carbocycles. The van der Waals surface area contributed by atoms with Crippen molar-refractivity contribution >= 4 is 34.7 Å². The topological polar surface area (TPSA) is 79.6 Å². The van der Waals surface area contributed by atoms with Crippen molar-refractivity contribution in [1.29, 1.82) is 0 Å². The summed E-state index contributed by atoms with van der Waals surface area (Å²) in [7, 11) is 0. The van der Waals surface area contributed by atoms with Crippen LogP contribution in [0.2, 0.25) is 0 Å². The van der Waals surface area contributed by atoms with E-state index < -0.39 is 0 Å². The second-order valence-electron chi connectivity index (χ2n) is 6.54. The molecule has 7 heteroatoms. The quantitative estimate of drug-likeness (QED) is 0.499. The van der Waals surface area contributed by atoms with E-state index in [1.807, 2.05) is 31.2 Å². The van der Waals surface area contributed by atoms with E-state index in [2.05, 4.69) is 17.6 Å². The minimum absolute atomic E-state index is 0.0914. The second kappa shape index (κ2) is 10.3. The van der Waals surface area contributed by atoms with Crippen molar-refractivity contribution in [2.75, 3.05) is 30.7 Å². The van der Waals surface area contributed by atoms with Gasteiger partial charge in [-0.3, -0.25) is 0 Å². The number of benzene rings is 1. The van der Waals surface area contributed by atoms with Crippen molar-refractivity contribution in [2.45, 2.75) is 51.6 Å². The van der Waals surface area contributed by atoms with Gasteiger partial charge in [-0.15, -0.1) is 0 Å². The predicted molar refractivity (Wildman–Crippen MR) is 111 cm³/mol. The van der Waals surface area contributed by atoms with Gasteiger partial charge in [0.1, 0.15) is 0 Å². The van der Waals surface area contributed by atoms with Crippen LogP contribution in [0.5, 0.6) is 0 Å². The molecule has 1 amide bonds. The van der Waals surface area contributed by atoms with Crippen molar-refractivity contribution in [3.8, 4) is 0 Å². The van der Waals surface area contributed by atoms with Gasteiger partial charge in [0.15, 0.2) is 0 Å². The third-order valence-corrected chi connectivity index (χ3v) is 4.96. The summed E-state index contributed by atoms with van der Waals surface area (Å²) in [4.78, 5) is 14.4. The van der Waals surface area contributed by atoms with E-state index in [9.17, 15) is 4.79 Å². The number of nitrogens with one attached hydrogen (secondary N) is 2. The summed E-state index contributed by atoms with van der Waals surface area (Å²) in [5.41, 5.74) is 7.54. The summed E-state index contributed by atoms with van der Waals surface area (Å²) in [6.45, 7) is 5.81. The van der Waals surface area contributed by atoms with Crippen molar-refractivity contribution in [1.82, 2.24) is 10.2 Å². The van der Waals surface area contributed by atoms with Crippen molar-refractivity contribution < 1.29 is 9.53 Å². The molecule has 1 saturated heterocycles. The van der Waals surface area contributed by atoms with Crippen molar-refractivity contribution in [3.63, 3.8) is 0 Å². The number of piperidine rings is 1. The van der Waals surface area contributed by atoms with Gasteiger partial charge >= 0.3 is 6.09 Å². The number of ether oxygens (including phenoxy) is 1. The van der Waals surface area contributed by atoms with Gasteiger partial charge in [-0.1, -0.05) is 37.7 Å². The first kappa shape index (κ1) is 20.5. The van der Waals surface area contributed by atoms with Crippen LogP contribution in [0.25, 0.3) is 0 Å². The van der Waals surface area contributed by atoms with Gasteiger partial charge in [-0.2, -0.15) is 0 Å². The summed E-state index contributed by atoms with van der Waals surface area (Å²) >= 11 is 5.64. The lowest BCUT2D eigenvalue weighted by atomic mass is 10.0. The molecular formula is C19H30N4O2S. The number of carbonyl (C=O) groups is 1. The highest BCUT2D eigenvalue weighted by Crippen LogP contribution is 2.19. The van der Waals surface area contributed by atoms with Gasteiger partial charge in [-0.25, -0.2) is 4.79 Å². The zero-order chi connectivity index (χ0) is 18.9. The first-order valence-electron chi connectivity index (χ1n) is 9.38. The van der Waals surface area contributed by atoms with Crippen LogP contribution in [-0.2, 0) is 4.74 Å². The van der Waals surface area contributed by atoms with Crippen LogP contribution in [0.15, 0.2) is 24.3 Å². The number of hydrogen-bond acceptors (Lipinski definition) is 5. The summed E-state index contributed by atoms with van der Waals surface area (Å²) < 4.78 is 5.08. The Morgan fingerprint density at radius 2 is 2.04 bits per heavy atom. The number of nitrogens with two attached hydrogens (primary N) is 1. The first-order valence-corrected chi connectivity index (χ1v) is 9.79. The number of carbonyl (C=O) groups excluding carboxylic acids is 1. The molecule has 2 rings (SSSR count). The second-order valence-corrected chi connectivity index (χ2v) is 6.98. The van der Waals surface area contributed by atoms with Gasteiger partial charge < -0.3 is 26.0 Å². The molecule has 26 heavy (non-hydrogen) atoms. The molecule has 1 aliphatic rings. The highest BCUT2D eigenvalue weighted by atomic mass is 32.1. The molecule has 0 spiro atoms. The highest BCUT2D eigenvalue weighted by Gasteiger charge is 2.26. The van der Waals surface area contributed by atoms with Crippen LogP contribution in [0.3, 0.4) is 0 Å². The summed E-state index contributed by atoms with van der Waals surface area (Å²) in [5, 5.41) is 6.95. The SMILES string of the molecule is CCCC(NC1CCN(C(=O)OCC)CC1)C(=S)Nc1ccccc1N. The molecule has 1 heterocycles. The van der Waals surface area contributed by atoms with E-state index in [-0.39, 0.29) is 12.1 Å². The third-order valence-electron chi connectivity index (χ3n) is 4.57. The molecular weight excluding hydrogens is 348 g/mol. The smallest absolute Gasteiger partial charge is 0.409 e. The minimum atomic E-state index is -0.215. The van der Waals surface area contributed by atoms with Gasteiger partial charge in [0.2, 0.25) is 0 Å². The van der Waals surface area contributed by atoms with E-state index >= 15 is 0 Å². The monoisotopic (exact) mass is 378 g/mol. The lowest BCUT2D eigenvalue weighted by molar-refractivity contribution is 0.0947. The normalized spacial score (nSPS) is 16.2. The van der Waals surface area contributed by atoms with Crippen molar-refractivity contribution in [2.24, 2.45) is 0 Å². The Kier molecular flexibility index (Phi) is 8.12. The van der Waals surface area contributed by atoms with Crippen LogP contribution in [0.1, 0.15) is 39.5 Å². The van der Waals surface area contributed by atoms with E-state index in [0.717, 1.165) is 36.4 Å². The number of thiocarbonyl (C=S) groups is 1. The molecule has 0 saturated carbocycles. The molecule has 1 atom stereocenters. The molecule has 1 aromatic carbocycles. The Morgan fingerprint density at radius 3 is 2.65 bits per heavy atom. The van der Waals surface area contributed by atoms with Gasteiger partial charge in [-0.05, 0) is 38.3 Å². The zero-order valence-corrected chi connectivity index (χ0v) is 16.5. The molecule has 144 valence electrons. The molecule has 0 aromatic heterocycles. The van der Waals surface area contributed by atoms with Crippen LogP contribution < -0.4 is 16.4 Å². The lowest BCUT2D eigenvalue weighted by Gasteiger charge is -2.34. The van der Waals surface area contributed by atoms with Crippen LogP contribution in [0.4, 0.5) is 16.2 Å². The zero-order valence-electron chi connectivity index (χ0n) is 15.7. The van der Waals surface area contributed by atoms with E-state index in [1.54, 1.807) is 4.90 Å². The third kappa shape index (κ3) is 5.85. The molecule has 1 fully saturated rings. The average Bonchev–Trinajstić information content (AvgIpc) is 2.64. The summed E-state index contributed by atoms with van der Waals surface area (Å²) in [6.07, 6.45) is 3.57. The Morgan fingerprint density at radius 1 is 1.35 bits per heavy atom. The molecule has 6 nitrogen and oxygen atoms in total. The molecule has 0 bridgehead atoms. The fourth-order valence-electron chi connectivity index (χ4n) is 3.14. The fourth-order valence-corrected chi connectivity index (χ4v) is 3.43. The van der Waals surface area contributed by atoms with E-state index in [4.69, 9.17) is 22.7 Å². The Balaban J connectivity index is 1.89. The Hall–Kier alpha value is -1.86. The largest absolute Gasteiger partial charge is 0.450 e. The molecule has 4 N–H and O–H groups in total. The van der Waals surface area contributed by atoms with Crippen LogP contribution in [-0.4, -0.2) is 47.8 Å². The summed E-state index contributed by atoms with van der Waals surface area (Å²) in [5.74, 6) is 0. The number of amides is 1. The van der Waals surface area contributed by atoms with Crippen LogP contribution in [0, 0.1) is 0 Å². The Labute approximate surface area is 161 Å². The number of nitrogens with zero attached hydrogens (tertiary/aromatic N) is 1. The number of nitrogen functional groups attached to an aromatic ring is 1. The van der Waals surface area contributed by atoms with Crippen molar-refractivity contribution in [3.05, 3.63) is 24.3 Å². The standard InChI is InChI=1S/C19H30N4O2S/c1-3-7-17(18(26)22-16-9-6-5-8-15(16)20)21-14-10-12-23(13-11-14)19(24)25-4-2/h5-6,8-9,14,17,21H,3-4,7,10-13,20H2,1-2H3,(H,22,26). The number of anilines is 2.